The van der Waals surface area contributed by atoms with Crippen LogP contribution >= 0.6 is 0 Å². The second-order valence-electron chi connectivity index (χ2n) is 5.32. The maximum atomic E-state index is 11.9. The Hall–Kier alpha value is -1.10. The van der Waals surface area contributed by atoms with Crippen molar-refractivity contribution in [1.82, 2.24) is 16.0 Å². The average molecular weight is 253 g/mol. The summed E-state index contributed by atoms with van der Waals surface area (Å²) in [5.41, 5.74) is 0. The normalized spacial score (nSPS) is 29.2. The summed E-state index contributed by atoms with van der Waals surface area (Å²) in [5.74, 6) is 0.418. The highest BCUT2D eigenvalue weighted by molar-refractivity contribution is 5.87. The van der Waals surface area contributed by atoms with Gasteiger partial charge in [0.05, 0.1) is 0 Å². The van der Waals surface area contributed by atoms with Crippen LogP contribution in [0.1, 0.15) is 38.5 Å². The van der Waals surface area contributed by atoms with Crippen LogP contribution in [0.15, 0.2) is 0 Å². The number of nitrogens with one attached hydrogen (secondary N) is 3. The predicted molar refractivity (Wildman–Crippen MR) is 69.0 cm³/mol. The van der Waals surface area contributed by atoms with Gasteiger partial charge in [0, 0.05) is 13.0 Å². The summed E-state index contributed by atoms with van der Waals surface area (Å²) in [4.78, 5) is 23.6. The summed E-state index contributed by atoms with van der Waals surface area (Å²) in [7, 11) is 0. The number of hydrogen-bond donors (Lipinski definition) is 3. The van der Waals surface area contributed by atoms with Gasteiger partial charge in [-0.2, -0.15) is 0 Å². The lowest BCUT2D eigenvalue weighted by atomic mass is 9.95. The van der Waals surface area contributed by atoms with Crippen molar-refractivity contribution in [3.63, 3.8) is 0 Å². The molecule has 5 heteroatoms. The second kappa shape index (κ2) is 6.73. The van der Waals surface area contributed by atoms with E-state index in [1.54, 1.807) is 0 Å². The van der Waals surface area contributed by atoms with Crippen molar-refractivity contribution in [2.75, 3.05) is 19.6 Å². The smallest absolute Gasteiger partial charge is 0.242 e. The molecule has 0 spiro atoms. The molecule has 2 atom stereocenters. The van der Waals surface area contributed by atoms with Gasteiger partial charge in [0.1, 0.15) is 6.04 Å². The van der Waals surface area contributed by atoms with E-state index in [9.17, 15) is 9.59 Å². The van der Waals surface area contributed by atoms with Crippen LogP contribution in [0.4, 0.5) is 0 Å². The molecule has 0 aromatic heterocycles. The van der Waals surface area contributed by atoms with Crippen LogP contribution < -0.4 is 16.0 Å². The quantitative estimate of drug-likeness (QED) is 0.671. The van der Waals surface area contributed by atoms with Gasteiger partial charge < -0.3 is 16.0 Å². The fourth-order valence-electron chi connectivity index (χ4n) is 2.69. The molecule has 3 N–H and O–H groups in total. The second-order valence-corrected chi connectivity index (χ2v) is 5.32. The average Bonchev–Trinajstić information content (AvgIpc) is 2.56. The van der Waals surface area contributed by atoms with Crippen LogP contribution in [0.5, 0.6) is 0 Å². The van der Waals surface area contributed by atoms with Crippen molar-refractivity contribution < 1.29 is 9.59 Å². The fourth-order valence-corrected chi connectivity index (χ4v) is 2.69. The van der Waals surface area contributed by atoms with Crippen LogP contribution in [0.2, 0.25) is 0 Å². The van der Waals surface area contributed by atoms with Gasteiger partial charge in [-0.25, -0.2) is 0 Å². The fraction of sp³-hybridized carbons (Fsp3) is 0.846. The highest BCUT2D eigenvalue weighted by Gasteiger charge is 2.24. The Morgan fingerprint density at radius 3 is 2.89 bits per heavy atom. The van der Waals surface area contributed by atoms with E-state index in [4.69, 9.17) is 0 Å². The lowest BCUT2D eigenvalue weighted by molar-refractivity contribution is -0.129. The number of amides is 2. The minimum absolute atomic E-state index is 0.0192. The molecule has 2 saturated heterocycles. The first kappa shape index (κ1) is 13.3. The molecule has 2 aliphatic rings. The molecule has 0 radical (unpaired) electrons. The molecule has 2 aliphatic heterocycles. The van der Waals surface area contributed by atoms with Crippen molar-refractivity contribution >= 4 is 11.8 Å². The van der Waals surface area contributed by atoms with E-state index >= 15 is 0 Å². The van der Waals surface area contributed by atoms with E-state index in [1.807, 2.05) is 0 Å². The minimum Gasteiger partial charge on any atom is -0.354 e. The van der Waals surface area contributed by atoms with Crippen LogP contribution in [-0.4, -0.2) is 37.5 Å². The lowest BCUT2D eigenvalue weighted by Crippen LogP contribution is -2.46. The molecule has 2 fully saturated rings. The Balaban J connectivity index is 1.76. The van der Waals surface area contributed by atoms with Crippen LogP contribution in [0, 0.1) is 5.92 Å². The summed E-state index contributed by atoms with van der Waals surface area (Å²) < 4.78 is 0. The highest BCUT2D eigenvalue weighted by atomic mass is 16.2. The summed E-state index contributed by atoms with van der Waals surface area (Å²) in [6.07, 6.45) is 5.55. The van der Waals surface area contributed by atoms with E-state index in [-0.39, 0.29) is 17.9 Å². The van der Waals surface area contributed by atoms with Crippen LogP contribution in [0.3, 0.4) is 0 Å². The Bertz CT molecular complexity index is 301. The Morgan fingerprint density at radius 2 is 2.11 bits per heavy atom. The zero-order valence-corrected chi connectivity index (χ0v) is 10.8. The number of hydrogen-bond acceptors (Lipinski definition) is 3. The van der Waals surface area contributed by atoms with Crippen molar-refractivity contribution in [1.29, 1.82) is 0 Å². The van der Waals surface area contributed by atoms with E-state index < -0.39 is 0 Å². The van der Waals surface area contributed by atoms with Gasteiger partial charge in [-0.05, 0) is 51.1 Å². The highest BCUT2D eigenvalue weighted by Crippen LogP contribution is 2.14. The van der Waals surface area contributed by atoms with Crippen molar-refractivity contribution in [2.45, 2.75) is 44.6 Å². The molecule has 18 heavy (non-hydrogen) atoms. The molecular weight excluding hydrogens is 230 g/mol. The van der Waals surface area contributed by atoms with Crippen LogP contribution in [-0.2, 0) is 9.59 Å². The molecule has 5 nitrogen and oxygen atoms in total. The van der Waals surface area contributed by atoms with Crippen molar-refractivity contribution in [3.8, 4) is 0 Å². The first-order valence-electron chi connectivity index (χ1n) is 7.03. The number of carbonyl (C=O) groups is 2. The number of carbonyl (C=O) groups excluding carboxylic acids is 2. The molecule has 0 aromatic rings. The molecule has 2 rings (SSSR count). The molecule has 102 valence electrons. The van der Waals surface area contributed by atoms with Crippen LogP contribution in [0.25, 0.3) is 0 Å². The molecule has 0 aliphatic carbocycles. The standard InChI is InChI=1S/C13H23N3O2/c17-12(8-10-4-3-6-14-9-10)16-11-5-1-2-7-15-13(11)18/h10-11,14H,1-9H2,(H,15,18)(H,16,17). The first-order valence-corrected chi connectivity index (χ1v) is 7.03. The van der Waals surface area contributed by atoms with Gasteiger partial charge in [0.25, 0.3) is 0 Å². The van der Waals surface area contributed by atoms with E-state index in [0.29, 0.717) is 12.3 Å². The maximum Gasteiger partial charge on any atom is 0.242 e. The van der Waals surface area contributed by atoms with Gasteiger partial charge in [-0.1, -0.05) is 0 Å². The van der Waals surface area contributed by atoms with Crippen molar-refractivity contribution in [2.24, 2.45) is 5.92 Å². The van der Waals surface area contributed by atoms with Gasteiger partial charge in [0.15, 0.2) is 0 Å². The van der Waals surface area contributed by atoms with Gasteiger partial charge in [0.2, 0.25) is 11.8 Å². The Labute approximate surface area is 108 Å². The number of rotatable bonds is 3. The summed E-state index contributed by atoms with van der Waals surface area (Å²) in [5, 5.41) is 9.02. The zero-order valence-electron chi connectivity index (χ0n) is 10.8. The van der Waals surface area contributed by atoms with Gasteiger partial charge >= 0.3 is 0 Å². The van der Waals surface area contributed by atoms with Gasteiger partial charge in [-0.3, -0.25) is 9.59 Å². The molecular formula is C13H23N3O2. The zero-order chi connectivity index (χ0) is 12.8. The van der Waals surface area contributed by atoms with E-state index in [0.717, 1.165) is 51.7 Å². The molecule has 0 bridgehead atoms. The van der Waals surface area contributed by atoms with E-state index in [2.05, 4.69) is 16.0 Å². The molecule has 2 unspecified atom stereocenters. The summed E-state index contributed by atoms with van der Waals surface area (Å²) in [6.45, 7) is 2.71. The summed E-state index contributed by atoms with van der Waals surface area (Å²) >= 11 is 0. The Morgan fingerprint density at radius 1 is 1.22 bits per heavy atom. The number of piperidine rings is 1. The largest absolute Gasteiger partial charge is 0.354 e. The third kappa shape index (κ3) is 3.98. The third-order valence-electron chi connectivity index (χ3n) is 3.74. The van der Waals surface area contributed by atoms with Crippen molar-refractivity contribution in [3.05, 3.63) is 0 Å². The first-order chi connectivity index (χ1) is 8.75. The topological polar surface area (TPSA) is 70.2 Å². The summed E-state index contributed by atoms with van der Waals surface area (Å²) in [6, 6.07) is -0.323. The van der Waals surface area contributed by atoms with E-state index in [1.165, 1.54) is 0 Å². The van der Waals surface area contributed by atoms with Gasteiger partial charge in [-0.15, -0.1) is 0 Å². The monoisotopic (exact) mass is 253 g/mol. The molecule has 2 amide bonds. The molecule has 0 aromatic carbocycles. The SMILES string of the molecule is O=C(CC1CCCNC1)NC1CCCCNC1=O. The molecule has 0 saturated carbocycles. The maximum absolute atomic E-state index is 11.9. The minimum atomic E-state index is -0.323. The predicted octanol–water partition coefficient (Wildman–Crippen LogP) is 0.161. The third-order valence-corrected chi connectivity index (χ3v) is 3.74. The Kier molecular flexibility index (Phi) is 4.99. The lowest BCUT2D eigenvalue weighted by Gasteiger charge is -2.23. The molecule has 2 heterocycles.